The summed E-state index contributed by atoms with van der Waals surface area (Å²) in [7, 11) is 0. The van der Waals surface area contributed by atoms with Crippen molar-refractivity contribution in [2.24, 2.45) is 0 Å². The molecule has 0 unspecified atom stereocenters. The van der Waals surface area contributed by atoms with Gasteiger partial charge in [-0.1, -0.05) is 45.9 Å². The Morgan fingerprint density at radius 3 is 2.12 bits per heavy atom. The van der Waals surface area contributed by atoms with E-state index < -0.39 is 0 Å². The molecule has 0 amide bonds. The Balaban J connectivity index is 0.00000208. The predicted octanol–water partition coefficient (Wildman–Crippen LogP) is 4.98. The molecule has 3 aromatic rings. The quantitative estimate of drug-likeness (QED) is 0.477. The van der Waals surface area contributed by atoms with E-state index in [4.69, 9.17) is 0 Å². The molecule has 1 radical (unpaired) electrons. The normalized spacial score (nSPS) is 10.9. The van der Waals surface area contributed by atoms with E-state index in [-0.39, 0.29) is 20.1 Å². The van der Waals surface area contributed by atoms with Crippen molar-refractivity contribution in [2.75, 3.05) is 0 Å². The third-order valence-electron chi connectivity index (χ3n) is 4.08. The van der Waals surface area contributed by atoms with Crippen molar-refractivity contribution in [3.8, 4) is 17.1 Å². The van der Waals surface area contributed by atoms with Gasteiger partial charge in [-0.15, -0.1) is 41.0 Å². The van der Waals surface area contributed by atoms with Crippen LogP contribution in [0.4, 0.5) is 0 Å². The summed E-state index contributed by atoms with van der Waals surface area (Å²) >= 11 is 0. The maximum Gasteiger partial charge on any atom is 0.114 e. The van der Waals surface area contributed by atoms with E-state index >= 15 is 0 Å². The van der Waals surface area contributed by atoms with Crippen molar-refractivity contribution in [3.63, 3.8) is 0 Å². The van der Waals surface area contributed by atoms with Crippen LogP contribution in [0.1, 0.15) is 50.7 Å². The van der Waals surface area contributed by atoms with Crippen LogP contribution >= 0.6 is 0 Å². The average molecular weight is 497 g/mol. The molecule has 1 aromatic heterocycles. The van der Waals surface area contributed by atoms with Crippen LogP contribution < -0.4 is 0 Å². The van der Waals surface area contributed by atoms with Crippen molar-refractivity contribution in [2.45, 2.75) is 39.5 Å². The van der Waals surface area contributed by atoms with Gasteiger partial charge in [0, 0.05) is 25.8 Å². The number of rotatable bonds is 4. The fourth-order valence-corrected chi connectivity index (χ4v) is 2.90. The molecule has 3 rings (SSSR count). The van der Waals surface area contributed by atoms with Gasteiger partial charge in [0.15, 0.2) is 0 Å². The van der Waals surface area contributed by atoms with Crippen LogP contribution in [-0.4, -0.2) is 14.8 Å². The minimum absolute atomic E-state index is 0. The van der Waals surface area contributed by atoms with Crippen molar-refractivity contribution in [3.05, 3.63) is 66.0 Å². The molecule has 0 aliphatic heterocycles. The minimum Gasteiger partial charge on any atom is -0.322 e. The van der Waals surface area contributed by atoms with Crippen LogP contribution in [0.2, 0.25) is 0 Å². The summed E-state index contributed by atoms with van der Waals surface area (Å²) < 4.78 is 2.11. The first-order chi connectivity index (χ1) is 11.1. The van der Waals surface area contributed by atoms with Crippen molar-refractivity contribution in [1.82, 2.24) is 14.8 Å². The number of para-hydroxylation sites is 1. The minimum atomic E-state index is 0. The fourth-order valence-electron chi connectivity index (χ4n) is 2.90. The number of hydrogen-bond acceptors (Lipinski definition) is 2. The standard InChI is InChI=1S/C20H22N3.Ir/c1-14(2)17-11-8-12-18(15(3)4)19(17)23-13-21-22-20(23)16-9-6-5-7-10-16;/h5-9,11-15H,1-4H3;/q-1;. The molecule has 0 aliphatic rings. The van der Waals surface area contributed by atoms with E-state index in [1.807, 2.05) is 30.6 Å². The Hall–Kier alpha value is -1.77. The number of aromatic nitrogens is 3. The molecule has 0 aliphatic carbocycles. The molecule has 0 atom stereocenters. The third kappa shape index (κ3) is 3.50. The second-order valence-corrected chi connectivity index (χ2v) is 6.40. The molecule has 127 valence electrons. The molecule has 2 aromatic carbocycles. The molecule has 0 spiro atoms. The van der Waals surface area contributed by atoms with E-state index in [0.717, 1.165) is 11.4 Å². The van der Waals surface area contributed by atoms with Crippen LogP contribution in [0.5, 0.6) is 0 Å². The van der Waals surface area contributed by atoms with Crippen molar-refractivity contribution in [1.29, 1.82) is 0 Å². The maximum absolute atomic E-state index is 4.35. The molecule has 0 bridgehead atoms. The van der Waals surface area contributed by atoms with Gasteiger partial charge in [-0.25, -0.2) is 0 Å². The summed E-state index contributed by atoms with van der Waals surface area (Å²) in [6.45, 7) is 8.90. The summed E-state index contributed by atoms with van der Waals surface area (Å²) in [5, 5.41) is 8.51. The van der Waals surface area contributed by atoms with E-state index in [0.29, 0.717) is 11.8 Å². The summed E-state index contributed by atoms with van der Waals surface area (Å²) in [6.07, 6.45) is 1.81. The monoisotopic (exact) mass is 497 g/mol. The Morgan fingerprint density at radius 1 is 0.917 bits per heavy atom. The largest absolute Gasteiger partial charge is 0.322 e. The number of benzene rings is 2. The van der Waals surface area contributed by atoms with Gasteiger partial charge in [-0.2, -0.15) is 5.10 Å². The fraction of sp³-hybridized carbons (Fsp3) is 0.300. The van der Waals surface area contributed by atoms with Gasteiger partial charge in [-0.05, 0) is 23.0 Å². The van der Waals surface area contributed by atoms with Crippen molar-refractivity contribution < 1.29 is 20.1 Å². The summed E-state index contributed by atoms with van der Waals surface area (Å²) in [6, 6.07) is 17.7. The number of hydrogen-bond donors (Lipinski definition) is 0. The van der Waals surface area contributed by atoms with Gasteiger partial charge in [0.25, 0.3) is 0 Å². The second-order valence-electron chi connectivity index (χ2n) is 6.40. The molecule has 0 N–H and O–H groups in total. The van der Waals surface area contributed by atoms with Gasteiger partial charge in [0.2, 0.25) is 0 Å². The van der Waals surface area contributed by atoms with Crippen LogP contribution in [0.15, 0.2) is 48.8 Å². The van der Waals surface area contributed by atoms with E-state index in [1.54, 1.807) is 0 Å². The van der Waals surface area contributed by atoms with E-state index in [9.17, 15) is 0 Å². The second kappa shape index (κ2) is 7.87. The average Bonchev–Trinajstić information content (AvgIpc) is 3.04. The first-order valence-electron chi connectivity index (χ1n) is 8.10. The third-order valence-corrected chi connectivity index (χ3v) is 4.08. The molecule has 1 heterocycles. The first kappa shape index (κ1) is 18.6. The molecule has 0 saturated heterocycles. The van der Waals surface area contributed by atoms with Crippen LogP contribution in [0.25, 0.3) is 17.1 Å². The molecule has 3 nitrogen and oxygen atoms in total. The first-order valence-corrected chi connectivity index (χ1v) is 8.10. The van der Waals surface area contributed by atoms with Crippen LogP contribution in [0.3, 0.4) is 0 Å². The molecule has 24 heavy (non-hydrogen) atoms. The van der Waals surface area contributed by atoms with Crippen LogP contribution in [0, 0.1) is 6.07 Å². The van der Waals surface area contributed by atoms with Gasteiger partial charge >= 0.3 is 0 Å². The van der Waals surface area contributed by atoms with E-state index in [1.165, 1.54) is 16.8 Å². The summed E-state index contributed by atoms with van der Waals surface area (Å²) in [5.74, 6) is 1.69. The van der Waals surface area contributed by atoms with Crippen molar-refractivity contribution >= 4 is 0 Å². The predicted molar refractivity (Wildman–Crippen MR) is 93.8 cm³/mol. The Labute approximate surface area is 157 Å². The zero-order valence-electron chi connectivity index (χ0n) is 14.4. The molecular weight excluding hydrogens is 474 g/mol. The van der Waals surface area contributed by atoms with Crippen LogP contribution in [-0.2, 0) is 20.1 Å². The maximum atomic E-state index is 4.35. The van der Waals surface area contributed by atoms with Gasteiger partial charge < -0.3 is 4.57 Å². The Morgan fingerprint density at radius 2 is 1.58 bits per heavy atom. The Bertz CT molecular complexity index is 765. The Kier molecular flexibility index (Phi) is 6.09. The van der Waals surface area contributed by atoms with Gasteiger partial charge in [0.1, 0.15) is 6.33 Å². The zero-order chi connectivity index (χ0) is 16.4. The van der Waals surface area contributed by atoms with Gasteiger partial charge in [0.05, 0.1) is 5.82 Å². The molecule has 0 saturated carbocycles. The molecule has 0 fully saturated rings. The number of nitrogens with zero attached hydrogens (tertiary/aromatic N) is 3. The summed E-state index contributed by atoms with van der Waals surface area (Å²) in [4.78, 5) is 0. The SMILES string of the molecule is CC(C)c1cccc(C(C)C)c1-n1cnnc1-c1[c-]cccc1.[Ir]. The summed E-state index contributed by atoms with van der Waals surface area (Å²) in [5.41, 5.74) is 4.79. The van der Waals surface area contributed by atoms with Gasteiger partial charge in [-0.3, -0.25) is 0 Å². The smallest absolute Gasteiger partial charge is 0.114 e. The molecular formula is C20H22IrN3-. The zero-order valence-corrected chi connectivity index (χ0v) is 16.8. The van der Waals surface area contributed by atoms with E-state index in [2.05, 4.69) is 66.7 Å². The topological polar surface area (TPSA) is 30.7 Å². The molecule has 4 heteroatoms.